The van der Waals surface area contributed by atoms with Gasteiger partial charge >= 0.3 is 18.0 Å². The molecule has 9 heteroatoms. The van der Waals surface area contributed by atoms with Crippen LogP contribution in [0, 0.1) is 5.92 Å². The highest BCUT2D eigenvalue weighted by atomic mass is 32.1. The molecule has 1 aromatic heterocycles. The highest BCUT2D eigenvalue weighted by Crippen LogP contribution is 2.30. The van der Waals surface area contributed by atoms with E-state index in [0.29, 0.717) is 11.4 Å². The standard InChI is InChI=1S/C19H30N2O6S/c1-11(2)14(21(7)18(24)27-19(4,5)6)9-15(26-12(3)22)16-20-13(10-28-16)17(23)25-8/h10-11,14-15H,9H2,1-8H3. The van der Waals surface area contributed by atoms with E-state index in [9.17, 15) is 14.4 Å². The summed E-state index contributed by atoms with van der Waals surface area (Å²) in [5, 5.41) is 2.03. The highest BCUT2D eigenvalue weighted by Gasteiger charge is 2.32. The molecule has 1 aromatic rings. The van der Waals surface area contributed by atoms with Gasteiger partial charge in [0.2, 0.25) is 0 Å². The predicted octanol–water partition coefficient (Wildman–Crippen LogP) is 3.82. The summed E-state index contributed by atoms with van der Waals surface area (Å²) in [7, 11) is 2.93. The van der Waals surface area contributed by atoms with Crippen LogP contribution in [0.25, 0.3) is 0 Å². The zero-order chi connectivity index (χ0) is 21.6. The molecule has 0 aromatic carbocycles. The van der Waals surface area contributed by atoms with E-state index in [2.05, 4.69) is 9.72 Å². The minimum absolute atomic E-state index is 0.0654. The summed E-state index contributed by atoms with van der Waals surface area (Å²) in [6.07, 6.45) is -0.832. The fourth-order valence-electron chi connectivity index (χ4n) is 2.60. The maximum atomic E-state index is 12.5. The fraction of sp³-hybridized carbons (Fsp3) is 0.684. The van der Waals surface area contributed by atoms with Crippen LogP contribution in [0.1, 0.15) is 69.6 Å². The molecular weight excluding hydrogens is 384 g/mol. The second-order valence-electron chi connectivity index (χ2n) is 7.80. The van der Waals surface area contributed by atoms with E-state index in [4.69, 9.17) is 9.47 Å². The lowest BCUT2D eigenvalue weighted by Crippen LogP contribution is -2.44. The van der Waals surface area contributed by atoms with Crippen molar-refractivity contribution in [2.24, 2.45) is 5.92 Å². The van der Waals surface area contributed by atoms with Gasteiger partial charge in [0.05, 0.1) is 7.11 Å². The molecule has 28 heavy (non-hydrogen) atoms. The molecule has 2 unspecified atom stereocenters. The quantitative estimate of drug-likeness (QED) is 0.494. The van der Waals surface area contributed by atoms with Crippen LogP contribution in [-0.2, 0) is 19.0 Å². The summed E-state index contributed by atoms with van der Waals surface area (Å²) in [5.41, 5.74) is -0.464. The first-order valence-corrected chi connectivity index (χ1v) is 9.90. The lowest BCUT2D eigenvalue weighted by Gasteiger charge is -2.34. The van der Waals surface area contributed by atoms with E-state index in [0.717, 1.165) is 0 Å². The van der Waals surface area contributed by atoms with Gasteiger partial charge in [0.1, 0.15) is 10.6 Å². The Morgan fingerprint density at radius 2 is 1.86 bits per heavy atom. The number of nitrogens with zero attached hydrogens (tertiary/aromatic N) is 2. The summed E-state index contributed by atoms with van der Waals surface area (Å²) < 4.78 is 15.6. The zero-order valence-corrected chi connectivity index (χ0v) is 18.6. The van der Waals surface area contributed by atoms with Crippen molar-refractivity contribution < 1.29 is 28.6 Å². The van der Waals surface area contributed by atoms with Crippen molar-refractivity contribution in [3.8, 4) is 0 Å². The number of rotatable bonds is 7. The normalized spacial score (nSPS) is 13.6. The molecule has 8 nitrogen and oxygen atoms in total. The lowest BCUT2D eigenvalue weighted by molar-refractivity contribution is -0.147. The average Bonchev–Trinajstić information content (AvgIpc) is 3.05. The van der Waals surface area contributed by atoms with Crippen molar-refractivity contribution in [2.45, 2.75) is 65.7 Å². The Balaban J connectivity index is 3.09. The number of amides is 1. The Labute approximate surface area is 170 Å². The molecule has 0 aliphatic carbocycles. The minimum atomic E-state index is -0.696. The summed E-state index contributed by atoms with van der Waals surface area (Å²) in [6, 6.07) is -0.273. The number of hydrogen-bond acceptors (Lipinski definition) is 8. The van der Waals surface area contributed by atoms with Crippen molar-refractivity contribution in [3.05, 3.63) is 16.1 Å². The van der Waals surface area contributed by atoms with Gasteiger partial charge in [-0.15, -0.1) is 11.3 Å². The predicted molar refractivity (Wildman–Crippen MR) is 105 cm³/mol. The summed E-state index contributed by atoms with van der Waals surface area (Å²) >= 11 is 1.20. The molecule has 1 amide bonds. The highest BCUT2D eigenvalue weighted by molar-refractivity contribution is 7.09. The van der Waals surface area contributed by atoms with Gasteiger partial charge in [-0.25, -0.2) is 14.6 Å². The van der Waals surface area contributed by atoms with E-state index in [1.165, 1.54) is 30.3 Å². The first-order chi connectivity index (χ1) is 12.9. The lowest BCUT2D eigenvalue weighted by atomic mass is 9.96. The molecule has 0 saturated carbocycles. The number of hydrogen-bond donors (Lipinski definition) is 0. The molecule has 1 heterocycles. The third kappa shape index (κ3) is 7.10. The Hall–Kier alpha value is -2.16. The van der Waals surface area contributed by atoms with Crippen LogP contribution in [0.15, 0.2) is 5.38 Å². The Kier molecular flexibility index (Phi) is 8.41. The van der Waals surface area contributed by atoms with Crippen molar-refractivity contribution >= 4 is 29.4 Å². The van der Waals surface area contributed by atoms with Crippen LogP contribution in [0.5, 0.6) is 0 Å². The Morgan fingerprint density at radius 1 is 1.25 bits per heavy atom. The van der Waals surface area contributed by atoms with E-state index < -0.39 is 29.7 Å². The van der Waals surface area contributed by atoms with Crippen molar-refractivity contribution in [2.75, 3.05) is 14.2 Å². The summed E-state index contributed by atoms with van der Waals surface area (Å²) in [6.45, 7) is 10.7. The third-order valence-corrected chi connectivity index (χ3v) is 4.84. The molecule has 0 saturated heterocycles. The molecule has 0 radical (unpaired) electrons. The molecule has 1 rings (SSSR count). The molecule has 0 aliphatic heterocycles. The van der Waals surface area contributed by atoms with Crippen molar-refractivity contribution in [3.63, 3.8) is 0 Å². The SMILES string of the molecule is COC(=O)c1csc(C(CC(C(C)C)N(C)C(=O)OC(C)(C)C)OC(C)=O)n1. The monoisotopic (exact) mass is 414 g/mol. The minimum Gasteiger partial charge on any atom is -0.464 e. The first-order valence-electron chi connectivity index (χ1n) is 9.02. The maximum Gasteiger partial charge on any atom is 0.410 e. The van der Waals surface area contributed by atoms with Gasteiger partial charge in [0, 0.05) is 31.8 Å². The van der Waals surface area contributed by atoms with Crippen LogP contribution in [-0.4, -0.2) is 53.7 Å². The van der Waals surface area contributed by atoms with Crippen LogP contribution in [0.2, 0.25) is 0 Å². The molecule has 0 N–H and O–H groups in total. The average molecular weight is 415 g/mol. The molecule has 0 aliphatic rings. The van der Waals surface area contributed by atoms with E-state index in [1.54, 1.807) is 33.2 Å². The fourth-order valence-corrected chi connectivity index (χ4v) is 3.43. The van der Waals surface area contributed by atoms with Gasteiger partial charge in [-0.1, -0.05) is 13.8 Å². The number of methoxy groups -OCH3 is 1. The second kappa shape index (κ2) is 9.86. The Bertz CT molecular complexity index is 695. The van der Waals surface area contributed by atoms with E-state index in [1.807, 2.05) is 13.8 Å². The third-order valence-electron chi connectivity index (χ3n) is 3.90. The maximum absolute atomic E-state index is 12.5. The van der Waals surface area contributed by atoms with Gasteiger partial charge in [0.15, 0.2) is 11.8 Å². The number of thiazole rings is 1. The van der Waals surface area contributed by atoms with Crippen LogP contribution < -0.4 is 0 Å². The molecule has 158 valence electrons. The second-order valence-corrected chi connectivity index (χ2v) is 8.69. The largest absolute Gasteiger partial charge is 0.464 e. The zero-order valence-electron chi connectivity index (χ0n) is 17.8. The molecule has 2 atom stereocenters. The van der Waals surface area contributed by atoms with Crippen LogP contribution in [0.3, 0.4) is 0 Å². The van der Waals surface area contributed by atoms with Crippen molar-refractivity contribution in [1.82, 2.24) is 9.88 Å². The summed E-state index contributed by atoms with van der Waals surface area (Å²) in [4.78, 5) is 41.6. The Morgan fingerprint density at radius 3 is 2.32 bits per heavy atom. The van der Waals surface area contributed by atoms with Gasteiger partial charge in [-0.2, -0.15) is 0 Å². The number of carbonyl (C=O) groups is 3. The molecule has 0 fully saturated rings. The number of esters is 2. The van der Waals surface area contributed by atoms with Gasteiger partial charge in [-0.3, -0.25) is 4.79 Å². The molecular formula is C19H30N2O6S. The first kappa shape index (κ1) is 23.9. The topological polar surface area (TPSA) is 95.0 Å². The van der Waals surface area contributed by atoms with Gasteiger partial charge < -0.3 is 19.1 Å². The summed E-state index contributed by atoms with van der Waals surface area (Å²) in [5.74, 6) is -0.965. The number of aromatic nitrogens is 1. The van der Waals surface area contributed by atoms with E-state index in [-0.39, 0.29) is 17.7 Å². The number of carbonyl (C=O) groups excluding carboxylic acids is 3. The van der Waals surface area contributed by atoms with Gasteiger partial charge in [-0.05, 0) is 26.7 Å². The van der Waals surface area contributed by atoms with Crippen LogP contribution in [0.4, 0.5) is 4.79 Å². The number of ether oxygens (including phenoxy) is 3. The van der Waals surface area contributed by atoms with Gasteiger partial charge in [0.25, 0.3) is 0 Å². The molecule has 0 bridgehead atoms. The van der Waals surface area contributed by atoms with E-state index >= 15 is 0 Å². The smallest absolute Gasteiger partial charge is 0.410 e. The molecule has 0 spiro atoms. The van der Waals surface area contributed by atoms with Crippen molar-refractivity contribution in [1.29, 1.82) is 0 Å². The van der Waals surface area contributed by atoms with Crippen LogP contribution >= 0.6 is 11.3 Å².